The molecule has 0 heterocycles. The predicted molar refractivity (Wildman–Crippen MR) is 81.9 cm³/mol. The number of halogens is 1. The van der Waals surface area contributed by atoms with Crippen molar-refractivity contribution in [2.45, 2.75) is 32.5 Å². The summed E-state index contributed by atoms with van der Waals surface area (Å²) in [5, 5.41) is 0. The summed E-state index contributed by atoms with van der Waals surface area (Å²) in [7, 11) is 1.57. The molecule has 2 nitrogen and oxygen atoms in total. The number of ether oxygens (including phenoxy) is 2. The van der Waals surface area contributed by atoms with Gasteiger partial charge in [0.25, 0.3) is 0 Å². The van der Waals surface area contributed by atoms with Crippen molar-refractivity contribution >= 4 is 0 Å². The van der Waals surface area contributed by atoms with E-state index in [2.05, 4.69) is 26.0 Å². The monoisotopic (exact) mass is 288 g/mol. The standard InChI is InChI=1S/C18H21FO2/c1-4-13(2)14-7-11-17(12-8-14)21-18(20-3)15-5-9-16(19)10-6-15/h5-13,18H,4H2,1-3H3. The van der Waals surface area contributed by atoms with E-state index in [0.29, 0.717) is 5.92 Å². The molecule has 0 saturated carbocycles. The molecular weight excluding hydrogens is 267 g/mol. The van der Waals surface area contributed by atoms with Gasteiger partial charge in [0.2, 0.25) is 6.29 Å². The highest BCUT2D eigenvalue weighted by Gasteiger charge is 2.12. The molecule has 0 aromatic heterocycles. The second-order valence-electron chi connectivity index (χ2n) is 5.12. The van der Waals surface area contributed by atoms with Crippen LogP contribution in [0.1, 0.15) is 43.6 Å². The molecule has 0 aliphatic heterocycles. The van der Waals surface area contributed by atoms with E-state index in [1.54, 1.807) is 19.2 Å². The van der Waals surface area contributed by atoms with E-state index in [1.165, 1.54) is 17.7 Å². The van der Waals surface area contributed by atoms with Crippen molar-refractivity contribution in [1.82, 2.24) is 0 Å². The second-order valence-corrected chi connectivity index (χ2v) is 5.12. The normalized spacial score (nSPS) is 13.7. The Labute approximate surface area is 125 Å². The molecule has 0 N–H and O–H groups in total. The average molecular weight is 288 g/mol. The van der Waals surface area contributed by atoms with Crippen molar-refractivity contribution in [3.8, 4) is 5.75 Å². The third kappa shape index (κ3) is 4.05. The van der Waals surface area contributed by atoms with Crippen molar-refractivity contribution in [2.24, 2.45) is 0 Å². The Morgan fingerprint density at radius 1 is 0.952 bits per heavy atom. The molecule has 2 rings (SSSR count). The number of methoxy groups -OCH3 is 1. The van der Waals surface area contributed by atoms with Crippen LogP contribution >= 0.6 is 0 Å². The highest BCUT2D eigenvalue weighted by molar-refractivity contribution is 5.30. The minimum Gasteiger partial charge on any atom is -0.461 e. The van der Waals surface area contributed by atoms with Gasteiger partial charge in [-0.05, 0) is 54.3 Å². The number of rotatable bonds is 6. The maximum absolute atomic E-state index is 13.0. The molecular formula is C18H21FO2. The molecule has 0 saturated heterocycles. The van der Waals surface area contributed by atoms with Crippen LogP contribution in [-0.2, 0) is 4.74 Å². The summed E-state index contributed by atoms with van der Waals surface area (Å²) in [4.78, 5) is 0. The molecule has 0 bridgehead atoms. The van der Waals surface area contributed by atoms with E-state index in [4.69, 9.17) is 9.47 Å². The first-order valence-corrected chi connectivity index (χ1v) is 7.19. The lowest BCUT2D eigenvalue weighted by Crippen LogP contribution is -2.09. The topological polar surface area (TPSA) is 18.5 Å². The van der Waals surface area contributed by atoms with Gasteiger partial charge in [0.05, 0.1) is 0 Å². The fourth-order valence-electron chi connectivity index (χ4n) is 2.11. The van der Waals surface area contributed by atoms with E-state index >= 15 is 0 Å². The quantitative estimate of drug-likeness (QED) is 0.691. The van der Waals surface area contributed by atoms with Gasteiger partial charge in [-0.3, -0.25) is 0 Å². The van der Waals surface area contributed by atoms with E-state index in [1.807, 2.05) is 12.1 Å². The van der Waals surface area contributed by atoms with Gasteiger partial charge in [-0.1, -0.05) is 26.0 Å². The smallest absolute Gasteiger partial charge is 0.226 e. The molecule has 3 heteroatoms. The molecule has 2 atom stereocenters. The van der Waals surface area contributed by atoms with Crippen molar-refractivity contribution in [1.29, 1.82) is 0 Å². The highest BCUT2D eigenvalue weighted by Crippen LogP contribution is 2.26. The van der Waals surface area contributed by atoms with Gasteiger partial charge in [-0.15, -0.1) is 0 Å². The lowest BCUT2D eigenvalue weighted by Gasteiger charge is -2.18. The largest absolute Gasteiger partial charge is 0.461 e. The Morgan fingerprint density at radius 2 is 1.52 bits per heavy atom. The van der Waals surface area contributed by atoms with Crippen molar-refractivity contribution in [2.75, 3.05) is 7.11 Å². The maximum Gasteiger partial charge on any atom is 0.226 e. The van der Waals surface area contributed by atoms with Crippen molar-refractivity contribution in [3.05, 3.63) is 65.5 Å². The lowest BCUT2D eigenvalue weighted by atomic mass is 9.99. The Balaban J connectivity index is 2.09. The average Bonchev–Trinajstić information content (AvgIpc) is 2.53. The molecule has 21 heavy (non-hydrogen) atoms. The van der Waals surface area contributed by atoms with Gasteiger partial charge in [0.15, 0.2) is 0 Å². The summed E-state index contributed by atoms with van der Waals surface area (Å²) in [6, 6.07) is 14.2. The molecule has 0 fully saturated rings. The van der Waals surface area contributed by atoms with Gasteiger partial charge >= 0.3 is 0 Å². The van der Waals surface area contributed by atoms with Crippen LogP contribution in [-0.4, -0.2) is 7.11 Å². The zero-order chi connectivity index (χ0) is 15.2. The van der Waals surface area contributed by atoms with E-state index < -0.39 is 6.29 Å². The maximum atomic E-state index is 13.0. The molecule has 0 spiro atoms. The summed E-state index contributed by atoms with van der Waals surface area (Å²) in [6.07, 6.45) is 0.566. The number of hydrogen-bond acceptors (Lipinski definition) is 2. The van der Waals surface area contributed by atoms with Crippen LogP contribution in [0.25, 0.3) is 0 Å². The SMILES string of the molecule is CCC(C)c1ccc(OC(OC)c2ccc(F)cc2)cc1. The molecule has 2 unspecified atom stereocenters. The van der Waals surface area contributed by atoms with E-state index in [9.17, 15) is 4.39 Å². The van der Waals surface area contributed by atoms with Crippen LogP contribution in [0.2, 0.25) is 0 Å². The van der Waals surface area contributed by atoms with E-state index in [-0.39, 0.29) is 5.82 Å². The van der Waals surface area contributed by atoms with Gasteiger partial charge in [-0.25, -0.2) is 4.39 Å². The summed E-state index contributed by atoms with van der Waals surface area (Å²) in [6.45, 7) is 4.37. The Morgan fingerprint density at radius 3 is 2.05 bits per heavy atom. The van der Waals surface area contributed by atoms with Gasteiger partial charge < -0.3 is 9.47 Å². The summed E-state index contributed by atoms with van der Waals surface area (Å²) in [5.41, 5.74) is 2.07. The third-order valence-electron chi connectivity index (χ3n) is 3.66. The fraction of sp³-hybridized carbons (Fsp3) is 0.333. The molecule has 2 aromatic carbocycles. The minimum absolute atomic E-state index is 0.272. The first kappa shape index (κ1) is 15.5. The lowest BCUT2D eigenvalue weighted by molar-refractivity contribution is -0.0562. The first-order chi connectivity index (χ1) is 10.1. The zero-order valence-corrected chi connectivity index (χ0v) is 12.7. The molecule has 0 aliphatic rings. The van der Waals surface area contributed by atoms with Crippen molar-refractivity contribution in [3.63, 3.8) is 0 Å². The first-order valence-electron chi connectivity index (χ1n) is 7.19. The molecule has 0 amide bonds. The van der Waals surface area contributed by atoms with Crippen LogP contribution in [0.15, 0.2) is 48.5 Å². The van der Waals surface area contributed by atoms with Crippen LogP contribution in [0.5, 0.6) is 5.75 Å². The second kappa shape index (κ2) is 7.23. The molecule has 0 aliphatic carbocycles. The highest BCUT2D eigenvalue weighted by atomic mass is 19.1. The Bertz CT molecular complexity index is 548. The number of benzene rings is 2. The number of hydrogen-bond donors (Lipinski definition) is 0. The van der Waals surface area contributed by atoms with E-state index in [0.717, 1.165) is 17.7 Å². The van der Waals surface area contributed by atoms with Crippen LogP contribution in [0, 0.1) is 5.82 Å². The van der Waals surface area contributed by atoms with Gasteiger partial charge in [0.1, 0.15) is 11.6 Å². The van der Waals surface area contributed by atoms with Crippen LogP contribution < -0.4 is 4.74 Å². The Kier molecular flexibility index (Phi) is 5.34. The fourth-order valence-corrected chi connectivity index (χ4v) is 2.11. The van der Waals surface area contributed by atoms with Crippen molar-refractivity contribution < 1.29 is 13.9 Å². The van der Waals surface area contributed by atoms with Crippen LogP contribution in [0.3, 0.4) is 0 Å². The molecule has 112 valence electrons. The molecule has 0 radical (unpaired) electrons. The van der Waals surface area contributed by atoms with Gasteiger partial charge in [0, 0.05) is 12.7 Å². The zero-order valence-electron chi connectivity index (χ0n) is 12.7. The minimum atomic E-state index is -0.542. The third-order valence-corrected chi connectivity index (χ3v) is 3.66. The molecule has 2 aromatic rings. The summed E-state index contributed by atoms with van der Waals surface area (Å²) in [5.74, 6) is 0.999. The summed E-state index contributed by atoms with van der Waals surface area (Å²) < 4.78 is 24.1. The van der Waals surface area contributed by atoms with Gasteiger partial charge in [-0.2, -0.15) is 0 Å². The van der Waals surface area contributed by atoms with Crippen LogP contribution in [0.4, 0.5) is 4.39 Å². The Hall–Kier alpha value is -1.87. The predicted octanol–water partition coefficient (Wildman–Crippen LogP) is 5.06. The summed E-state index contributed by atoms with van der Waals surface area (Å²) >= 11 is 0.